The summed E-state index contributed by atoms with van der Waals surface area (Å²) in [4.78, 5) is 4.27. The van der Waals surface area contributed by atoms with Gasteiger partial charge in [0.15, 0.2) is 0 Å². The van der Waals surface area contributed by atoms with E-state index in [0.717, 1.165) is 38.3 Å². The minimum Gasteiger partial charge on any atom is -0.369 e. The maximum absolute atomic E-state index is 6.30. The third-order valence-electron chi connectivity index (χ3n) is 3.96. The zero-order chi connectivity index (χ0) is 12.3. The molecule has 2 atom stereocenters. The Bertz CT molecular complexity index is 376. The average Bonchev–Trinajstić information content (AvgIpc) is 2.86. The molecule has 2 N–H and O–H groups in total. The fraction of sp³-hybridized carbons (Fsp3) is 0.643. The molecule has 1 spiro atoms. The Morgan fingerprint density at radius 1 is 1.44 bits per heavy atom. The van der Waals surface area contributed by atoms with Gasteiger partial charge in [0.05, 0.1) is 11.7 Å². The van der Waals surface area contributed by atoms with Crippen LogP contribution in [0.4, 0.5) is 5.82 Å². The van der Waals surface area contributed by atoms with Crippen molar-refractivity contribution in [1.29, 1.82) is 0 Å². The van der Waals surface area contributed by atoms with Crippen LogP contribution in [-0.4, -0.2) is 36.3 Å². The van der Waals surface area contributed by atoms with Crippen LogP contribution < -0.4 is 10.6 Å². The van der Waals surface area contributed by atoms with Gasteiger partial charge in [0.2, 0.25) is 0 Å². The van der Waals surface area contributed by atoms with Crippen molar-refractivity contribution in [2.24, 2.45) is 0 Å². The van der Waals surface area contributed by atoms with E-state index in [2.05, 4.69) is 15.6 Å². The number of hydrogen-bond donors (Lipinski definition) is 2. The van der Waals surface area contributed by atoms with Gasteiger partial charge in [-0.05, 0) is 44.4 Å². The van der Waals surface area contributed by atoms with Crippen molar-refractivity contribution in [2.45, 2.75) is 37.4 Å². The normalized spacial score (nSPS) is 31.7. The summed E-state index contributed by atoms with van der Waals surface area (Å²) >= 11 is 0. The molecule has 3 heterocycles. The summed E-state index contributed by atoms with van der Waals surface area (Å²) in [6.07, 6.45) is 6.93. The lowest BCUT2D eigenvalue weighted by atomic mass is 9.90. The summed E-state index contributed by atoms with van der Waals surface area (Å²) in [6, 6.07) is 5.93. The number of ether oxygens (including phenoxy) is 1. The van der Waals surface area contributed by atoms with E-state index in [1.54, 1.807) is 0 Å². The fourth-order valence-electron chi connectivity index (χ4n) is 2.99. The molecule has 0 saturated carbocycles. The van der Waals surface area contributed by atoms with Gasteiger partial charge in [-0.15, -0.1) is 0 Å². The number of anilines is 1. The Morgan fingerprint density at radius 3 is 3.22 bits per heavy atom. The smallest absolute Gasteiger partial charge is 0.125 e. The van der Waals surface area contributed by atoms with Crippen LogP contribution >= 0.6 is 0 Å². The molecule has 1 aromatic heterocycles. The lowest BCUT2D eigenvalue weighted by Crippen LogP contribution is -2.44. The van der Waals surface area contributed by atoms with E-state index in [9.17, 15) is 0 Å². The van der Waals surface area contributed by atoms with Crippen LogP contribution in [0.3, 0.4) is 0 Å². The summed E-state index contributed by atoms with van der Waals surface area (Å²) in [7, 11) is 0. The SMILES string of the molecule is c1ccc(NC[C@H]2CCC[C@]3(CCNC3)O2)nc1. The molecule has 2 aliphatic rings. The molecule has 0 aliphatic carbocycles. The first-order valence-electron chi connectivity index (χ1n) is 6.90. The van der Waals surface area contributed by atoms with Crippen molar-refractivity contribution in [3.63, 3.8) is 0 Å². The van der Waals surface area contributed by atoms with E-state index in [0.29, 0.717) is 6.10 Å². The summed E-state index contributed by atoms with van der Waals surface area (Å²) < 4.78 is 6.30. The maximum Gasteiger partial charge on any atom is 0.125 e. The Hall–Kier alpha value is -1.13. The first-order valence-corrected chi connectivity index (χ1v) is 6.90. The van der Waals surface area contributed by atoms with Gasteiger partial charge in [-0.25, -0.2) is 4.98 Å². The van der Waals surface area contributed by atoms with Crippen LogP contribution in [0.2, 0.25) is 0 Å². The summed E-state index contributed by atoms with van der Waals surface area (Å²) in [5.74, 6) is 0.935. The Kier molecular flexibility index (Phi) is 3.48. The summed E-state index contributed by atoms with van der Waals surface area (Å²) in [6.45, 7) is 2.98. The zero-order valence-corrected chi connectivity index (χ0v) is 10.7. The van der Waals surface area contributed by atoms with Gasteiger partial charge < -0.3 is 15.4 Å². The van der Waals surface area contributed by atoms with Gasteiger partial charge in [-0.3, -0.25) is 0 Å². The zero-order valence-electron chi connectivity index (χ0n) is 10.7. The van der Waals surface area contributed by atoms with E-state index in [-0.39, 0.29) is 5.60 Å². The van der Waals surface area contributed by atoms with Crippen molar-refractivity contribution in [1.82, 2.24) is 10.3 Å². The molecule has 2 fully saturated rings. The van der Waals surface area contributed by atoms with Crippen molar-refractivity contribution >= 4 is 5.82 Å². The van der Waals surface area contributed by atoms with Crippen LogP contribution in [0.1, 0.15) is 25.7 Å². The molecule has 18 heavy (non-hydrogen) atoms. The second kappa shape index (κ2) is 5.24. The number of aromatic nitrogens is 1. The summed E-state index contributed by atoms with van der Waals surface area (Å²) in [5, 5.41) is 6.78. The number of pyridine rings is 1. The molecule has 0 unspecified atom stereocenters. The molecular weight excluding hydrogens is 226 g/mol. The van der Waals surface area contributed by atoms with Crippen LogP contribution in [0.25, 0.3) is 0 Å². The summed E-state index contributed by atoms with van der Waals surface area (Å²) in [5.41, 5.74) is 0.120. The first-order chi connectivity index (χ1) is 8.86. The van der Waals surface area contributed by atoms with Crippen molar-refractivity contribution < 1.29 is 4.74 Å². The highest BCUT2D eigenvalue weighted by Gasteiger charge is 2.39. The van der Waals surface area contributed by atoms with Crippen LogP contribution in [0.15, 0.2) is 24.4 Å². The van der Waals surface area contributed by atoms with Gasteiger partial charge in [-0.1, -0.05) is 6.07 Å². The highest BCUT2D eigenvalue weighted by Crippen LogP contribution is 2.33. The van der Waals surface area contributed by atoms with E-state index in [1.165, 1.54) is 12.8 Å². The Labute approximate surface area is 108 Å². The number of nitrogens with zero attached hydrogens (tertiary/aromatic N) is 1. The highest BCUT2D eigenvalue weighted by atomic mass is 16.5. The average molecular weight is 247 g/mol. The van der Waals surface area contributed by atoms with E-state index in [1.807, 2.05) is 24.4 Å². The molecule has 2 aliphatic heterocycles. The molecule has 0 bridgehead atoms. The Morgan fingerprint density at radius 2 is 2.44 bits per heavy atom. The minimum absolute atomic E-state index is 0.120. The van der Waals surface area contributed by atoms with Gasteiger partial charge in [0, 0.05) is 19.3 Å². The third-order valence-corrected chi connectivity index (χ3v) is 3.96. The molecule has 0 radical (unpaired) electrons. The lowest BCUT2D eigenvalue weighted by molar-refractivity contribution is -0.110. The van der Waals surface area contributed by atoms with Crippen LogP contribution in [0, 0.1) is 0 Å². The lowest BCUT2D eigenvalue weighted by Gasteiger charge is -2.38. The quantitative estimate of drug-likeness (QED) is 0.855. The molecular formula is C14H21N3O. The molecule has 4 heteroatoms. The molecule has 98 valence electrons. The first kappa shape index (κ1) is 11.9. The van der Waals surface area contributed by atoms with E-state index in [4.69, 9.17) is 4.74 Å². The third kappa shape index (κ3) is 2.65. The monoisotopic (exact) mass is 247 g/mol. The number of rotatable bonds is 3. The topological polar surface area (TPSA) is 46.2 Å². The largest absolute Gasteiger partial charge is 0.369 e. The standard InChI is InChI=1S/C14H21N3O/c1-2-8-16-13(5-1)17-10-12-4-3-6-14(18-12)7-9-15-11-14/h1-2,5,8,12,15H,3-4,6-7,9-11H2,(H,16,17)/t12-,14-/m1/s1. The highest BCUT2D eigenvalue weighted by molar-refractivity contribution is 5.33. The van der Waals surface area contributed by atoms with Crippen molar-refractivity contribution in [3.05, 3.63) is 24.4 Å². The van der Waals surface area contributed by atoms with Gasteiger partial charge in [-0.2, -0.15) is 0 Å². The predicted octanol–water partition coefficient (Wildman–Crippen LogP) is 1.79. The number of nitrogens with one attached hydrogen (secondary N) is 2. The molecule has 4 nitrogen and oxygen atoms in total. The minimum atomic E-state index is 0.120. The predicted molar refractivity (Wildman–Crippen MR) is 71.7 cm³/mol. The van der Waals surface area contributed by atoms with Gasteiger partial charge in [0.25, 0.3) is 0 Å². The maximum atomic E-state index is 6.30. The molecule has 2 saturated heterocycles. The van der Waals surface area contributed by atoms with Crippen LogP contribution in [-0.2, 0) is 4.74 Å². The van der Waals surface area contributed by atoms with Crippen molar-refractivity contribution in [3.8, 4) is 0 Å². The molecule has 0 aromatic carbocycles. The van der Waals surface area contributed by atoms with Gasteiger partial charge >= 0.3 is 0 Å². The number of hydrogen-bond acceptors (Lipinski definition) is 4. The molecule has 0 amide bonds. The molecule has 3 rings (SSSR count). The van der Waals surface area contributed by atoms with Crippen molar-refractivity contribution in [2.75, 3.05) is 25.0 Å². The second-order valence-electron chi connectivity index (χ2n) is 5.34. The fourth-order valence-corrected chi connectivity index (χ4v) is 2.99. The van der Waals surface area contributed by atoms with Gasteiger partial charge in [0.1, 0.15) is 5.82 Å². The van der Waals surface area contributed by atoms with Crippen LogP contribution in [0.5, 0.6) is 0 Å². The second-order valence-corrected chi connectivity index (χ2v) is 5.34. The van der Waals surface area contributed by atoms with E-state index < -0.39 is 0 Å². The molecule has 1 aromatic rings. The van der Waals surface area contributed by atoms with E-state index >= 15 is 0 Å². The Balaban J connectivity index is 1.54.